The summed E-state index contributed by atoms with van der Waals surface area (Å²) in [5.74, 6) is 0.883. The van der Waals surface area contributed by atoms with Gasteiger partial charge in [0.05, 0.1) is 0 Å². The second-order valence-corrected chi connectivity index (χ2v) is 6.10. The number of carbonyl (C=O) groups excluding carboxylic acids is 1. The van der Waals surface area contributed by atoms with E-state index in [1.54, 1.807) is 0 Å². The van der Waals surface area contributed by atoms with Crippen molar-refractivity contribution in [2.45, 2.75) is 46.5 Å². The van der Waals surface area contributed by atoms with Gasteiger partial charge in [-0.15, -0.1) is 0 Å². The van der Waals surface area contributed by atoms with Crippen molar-refractivity contribution in [1.82, 2.24) is 0 Å². The van der Waals surface area contributed by atoms with Gasteiger partial charge in [0.25, 0.3) is 0 Å². The molecule has 0 aromatic heterocycles. The fourth-order valence-corrected chi connectivity index (χ4v) is 3.05. The second kappa shape index (κ2) is 4.64. The lowest BCUT2D eigenvalue weighted by Gasteiger charge is -2.32. The van der Waals surface area contributed by atoms with E-state index in [1.807, 2.05) is 18.2 Å². The number of hydrogen-bond donors (Lipinski definition) is 0. The minimum absolute atomic E-state index is 0.303. The molecule has 17 heavy (non-hydrogen) atoms. The van der Waals surface area contributed by atoms with Crippen LogP contribution < -0.4 is 0 Å². The van der Waals surface area contributed by atoms with Gasteiger partial charge in [0, 0.05) is 12.0 Å². The highest BCUT2D eigenvalue weighted by Crippen LogP contribution is 2.36. The zero-order chi connectivity index (χ0) is 12.5. The molecule has 1 aliphatic carbocycles. The van der Waals surface area contributed by atoms with E-state index < -0.39 is 0 Å². The Morgan fingerprint density at radius 1 is 1.29 bits per heavy atom. The Hall–Kier alpha value is -1.11. The SMILES string of the molecule is CCC1CC(=O)c2ccccc2CC(C)(C)C1. The molecule has 0 amide bonds. The van der Waals surface area contributed by atoms with Crippen LogP contribution >= 0.6 is 0 Å². The largest absolute Gasteiger partial charge is 0.294 e. The Morgan fingerprint density at radius 2 is 2.00 bits per heavy atom. The number of rotatable bonds is 1. The minimum atomic E-state index is 0.303. The van der Waals surface area contributed by atoms with E-state index in [0.717, 1.165) is 31.2 Å². The van der Waals surface area contributed by atoms with Gasteiger partial charge in [-0.2, -0.15) is 0 Å². The van der Waals surface area contributed by atoms with Gasteiger partial charge in [0.15, 0.2) is 5.78 Å². The average Bonchev–Trinajstić information content (AvgIpc) is 2.26. The lowest BCUT2D eigenvalue weighted by Crippen LogP contribution is -2.25. The Balaban J connectivity index is 2.40. The summed E-state index contributed by atoms with van der Waals surface area (Å²) in [6.07, 6.45) is 4.00. The number of hydrogen-bond acceptors (Lipinski definition) is 1. The highest BCUT2D eigenvalue weighted by Gasteiger charge is 2.29. The van der Waals surface area contributed by atoms with Gasteiger partial charge in [-0.3, -0.25) is 4.79 Å². The van der Waals surface area contributed by atoms with Crippen molar-refractivity contribution in [3.63, 3.8) is 0 Å². The summed E-state index contributed by atoms with van der Waals surface area (Å²) in [6.45, 7) is 6.84. The molecule has 1 unspecified atom stereocenters. The molecular weight excluding hydrogens is 208 g/mol. The van der Waals surface area contributed by atoms with Crippen LogP contribution in [0.2, 0.25) is 0 Å². The van der Waals surface area contributed by atoms with Crippen LogP contribution in [0, 0.1) is 11.3 Å². The Kier molecular flexibility index (Phi) is 3.37. The minimum Gasteiger partial charge on any atom is -0.294 e. The molecule has 1 aromatic rings. The quantitative estimate of drug-likeness (QED) is 0.704. The van der Waals surface area contributed by atoms with Crippen LogP contribution in [0.25, 0.3) is 0 Å². The summed E-state index contributed by atoms with van der Waals surface area (Å²) in [5.41, 5.74) is 2.49. The Labute approximate surface area is 104 Å². The molecule has 0 heterocycles. The summed E-state index contributed by atoms with van der Waals surface area (Å²) < 4.78 is 0. The second-order valence-electron chi connectivity index (χ2n) is 6.10. The Morgan fingerprint density at radius 3 is 2.71 bits per heavy atom. The van der Waals surface area contributed by atoms with Gasteiger partial charge < -0.3 is 0 Å². The zero-order valence-electron chi connectivity index (χ0n) is 11.1. The fourth-order valence-electron chi connectivity index (χ4n) is 3.05. The van der Waals surface area contributed by atoms with Gasteiger partial charge in [0.2, 0.25) is 0 Å². The van der Waals surface area contributed by atoms with Crippen molar-refractivity contribution in [2.75, 3.05) is 0 Å². The van der Waals surface area contributed by atoms with E-state index in [-0.39, 0.29) is 0 Å². The molecule has 1 nitrogen and oxygen atoms in total. The van der Waals surface area contributed by atoms with Crippen LogP contribution in [0.1, 0.15) is 56.0 Å². The monoisotopic (exact) mass is 230 g/mol. The van der Waals surface area contributed by atoms with E-state index >= 15 is 0 Å². The van der Waals surface area contributed by atoms with Crippen LogP contribution in [-0.4, -0.2) is 5.78 Å². The zero-order valence-corrected chi connectivity index (χ0v) is 11.1. The van der Waals surface area contributed by atoms with E-state index in [9.17, 15) is 4.79 Å². The molecule has 0 fully saturated rings. The predicted molar refractivity (Wildman–Crippen MR) is 71.3 cm³/mol. The standard InChI is InChI=1S/C16H22O/c1-4-12-9-15(17)14-8-6-5-7-13(14)11-16(2,3)10-12/h5-8,12H,4,9-11H2,1-3H3. The van der Waals surface area contributed by atoms with Gasteiger partial charge in [-0.25, -0.2) is 0 Å². The summed E-state index contributed by atoms with van der Waals surface area (Å²) in [4.78, 5) is 12.2. The van der Waals surface area contributed by atoms with Gasteiger partial charge in [-0.1, -0.05) is 51.5 Å². The first kappa shape index (κ1) is 12.3. The first-order valence-corrected chi connectivity index (χ1v) is 6.63. The third-order valence-corrected chi connectivity index (χ3v) is 3.88. The van der Waals surface area contributed by atoms with Crippen LogP contribution in [0.4, 0.5) is 0 Å². The molecular formula is C16H22O. The van der Waals surface area contributed by atoms with E-state index in [0.29, 0.717) is 17.1 Å². The Bertz CT molecular complexity index is 417. The molecule has 1 aliphatic rings. The molecule has 0 saturated heterocycles. The summed E-state index contributed by atoms with van der Waals surface area (Å²) in [7, 11) is 0. The first-order chi connectivity index (χ1) is 8.02. The molecule has 0 saturated carbocycles. The average molecular weight is 230 g/mol. The third-order valence-electron chi connectivity index (χ3n) is 3.88. The van der Waals surface area contributed by atoms with Crippen LogP contribution in [0.5, 0.6) is 0 Å². The van der Waals surface area contributed by atoms with Crippen molar-refractivity contribution in [3.05, 3.63) is 35.4 Å². The molecule has 0 spiro atoms. The fraction of sp³-hybridized carbons (Fsp3) is 0.562. The maximum Gasteiger partial charge on any atom is 0.163 e. The predicted octanol–water partition coefficient (Wildman–Crippen LogP) is 4.26. The van der Waals surface area contributed by atoms with Crippen LogP contribution in [-0.2, 0) is 6.42 Å². The van der Waals surface area contributed by atoms with Crippen molar-refractivity contribution in [2.24, 2.45) is 11.3 Å². The number of Topliss-reactive ketones (excluding diaryl/α,β-unsaturated/α-hetero) is 1. The maximum atomic E-state index is 12.2. The van der Waals surface area contributed by atoms with Crippen molar-refractivity contribution in [1.29, 1.82) is 0 Å². The highest BCUT2D eigenvalue weighted by atomic mass is 16.1. The number of fused-ring (bicyclic) bond motifs is 1. The van der Waals surface area contributed by atoms with Crippen molar-refractivity contribution in [3.8, 4) is 0 Å². The molecule has 0 radical (unpaired) electrons. The molecule has 0 bridgehead atoms. The lowest BCUT2D eigenvalue weighted by atomic mass is 9.72. The summed E-state index contributed by atoms with van der Waals surface area (Å²) in [5, 5.41) is 0. The molecule has 92 valence electrons. The van der Waals surface area contributed by atoms with Gasteiger partial charge in [0.1, 0.15) is 0 Å². The van der Waals surface area contributed by atoms with Gasteiger partial charge >= 0.3 is 0 Å². The topological polar surface area (TPSA) is 17.1 Å². The van der Waals surface area contributed by atoms with Crippen LogP contribution in [0.3, 0.4) is 0 Å². The molecule has 1 aromatic carbocycles. The third kappa shape index (κ3) is 2.77. The van der Waals surface area contributed by atoms with Crippen molar-refractivity contribution < 1.29 is 4.79 Å². The highest BCUT2D eigenvalue weighted by molar-refractivity contribution is 5.97. The first-order valence-electron chi connectivity index (χ1n) is 6.63. The molecule has 1 atom stereocenters. The molecule has 2 rings (SSSR count). The van der Waals surface area contributed by atoms with E-state index in [2.05, 4.69) is 26.8 Å². The van der Waals surface area contributed by atoms with Crippen LogP contribution in [0.15, 0.2) is 24.3 Å². The molecule has 0 aliphatic heterocycles. The van der Waals surface area contributed by atoms with E-state index in [4.69, 9.17) is 0 Å². The van der Waals surface area contributed by atoms with Crippen molar-refractivity contribution >= 4 is 5.78 Å². The number of benzene rings is 1. The van der Waals surface area contributed by atoms with Gasteiger partial charge in [-0.05, 0) is 29.7 Å². The molecule has 0 N–H and O–H groups in total. The maximum absolute atomic E-state index is 12.2. The lowest BCUT2D eigenvalue weighted by molar-refractivity contribution is 0.0933. The smallest absolute Gasteiger partial charge is 0.163 e. The number of carbonyl (C=O) groups is 1. The normalized spacial score (nSPS) is 23.7. The molecule has 1 heteroatoms. The van der Waals surface area contributed by atoms with E-state index in [1.165, 1.54) is 5.56 Å². The summed E-state index contributed by atoms with van der Waals surface area (Å²) in [6, 6.07) is 8.13. The summed E-state index contributed by atoms with van der Waals surface area (Å²) >= 11 is 0. The number of ketones is 1.